The zero-order valence-corrected chi connectivity index (χ0v) is 17.5. The summed E-state index contributed by atoms with van der Waals surface area (Å²) in [5.41, 5.74) is 3.43. The summed E-state index contributed by atoms with van der Waals surface area (Å²) in [5, 5.41) is 3.51. The van der Waals surface area contributed by atoms with E-state index in [0.717, 1.165) is 45.4 Å². The van der Waals surface area contributed by atoms with Gasteiger partial charge in [0.05, 0.1) is 6.61 Å². The van der Waals surface area contributed by atoms with Crippen LogP contribution in [0.25, 0.3) is 0 Å². The molecule has 1 spiro atoms. The molecule has 1 aromatic carbocycles. The second-order valence-corrected chi connectivity index (χ2v) is 7.71. The van der Waals surface area contributed by atoms with E-state index < -0.39 is 0 Å². The van der Waals surface area contributed by atoms with E-state index in [9.17, 15) is 0 Å². The molecule has 1 aromatic rings. The summed E-state index contributed by atoms with van der Waals surface area (Å²) in [4.78, 5) is 7.46. The molecule has 138 valence electrons. The van der Waals surface area contributed by atoms with Gasteiger partial charge in [-0.15, -0.1) is 24.0 Å². The Balaban J connectivity index is 0.00000182. The minimum absolute atomic E-state index is 0. The Morgan fingerprint density at radius 2 is 2.04 bits per heavy atom. The van der Waals surface area contributed by atoms with E-state index in [2.05, 4.69) is 41.4 Å². The highest BCUT2D eigenvalue weighted by Crippen LogP contribution is 2.38. The van der Waals surface area contributed by atoms with Gasteiger partial charge in [-0.05, 0) is 49.7 Å². The molecule has 4 nitrogen and oxygen atoms in total. The van der Waals surface area contributed by atoms with E-state index in [0.29, 0.717) is 11.3 Å². The van der Waals surface area contributed by atoms with E-state index in [1.54, 1.807) is 0 Å². The standard InChI is InChI=1S/C20H29N3O.HI/c1-2-21-19(23-9-7-20(14-23)8-10-24-15-20)22-13-16-11-17-5-3-4-6-18(17)12-16;/h3-6,16H,2,7-15H2,1H3,(H,21,22);1H. The van der Waals surface area contributed by atoms with E-state index >= 15 is 0 Å². The monoisotopic (exact) mass is 455 g/mol. The third-order valence-electron chi connectivity index (χ3n) is 5.89. The zero-order valence-electron chi connectivity index (χ0n) is 15.2. The van der Waals surface area contributed by atoms with Crippen LogP contribution in [0.2, 0.25) is 0 Å². The molecule has 1 atom stereocenters. The summed E-state index contributed by atoms with van der Waals surface area (Å²) < 4.78 is 5.66. The lowest BCUT2D eigenvalue weighted by Gasteiger charge is -2.25. The number of benzene rings is 1. The number of fused-ring (bicyclic) bond motifs is 1. The molecule has 3 aliphatic rings. The van der Waals surface area contributed by atoms with Crippen molar-refractivity contribution in [1.82, 2.24) is 10.2 Å². The normalized spacial score (nSPS) is 26.1. The van der Waals surface area contributed by atoms with E-state index in [4.69, 9.17) is 9.73 Å². The topological polar surface area (TPSA) is 36.9 Å². The van der Waals surface area contributed by atoms with Crippen LogP contribution in [-0.4, -0.2) is 50.3 Å². The second kappa shape index (κ2) is 8.25. The van der Waals surface area contributed by atoms with Crippen molar-refractivity contribution in [2.75, 3.05) is 39.4 Å². The van der Waals surface area contributed by atoms with Crippen molar-refractivity contribution in [2.24, 2.45) is 16.3 Å². The number of hydrogen-bond acceptors (Lipinski definition) is 2. The van der Waals surface area contributed by atoms with Crippen LogP contribution in [0.5, 0.6) is 0 Å². The molecule has 4 rings (SSSR count). The van der Waals surface area contributed by atoms with Crippen LogP contribution in [0.3, 0.4) is 0 Å². The molecular formula is C20H30IN3O. The van der Waals surface area contributed by atoms with Crippen molar-refractivity contribution in [1.29, 1.82) is 0 Å². The second-order valence-electron chi connectivity index (χ2n) is 7.71. The van der Waals surface area contributed by atoms with Gasteiger partial charge in [0.2, 0.25) is 0 Å². The first-order valence-corrected chi connectivity index (χ1v) is 9.46. The van der Waals surface area contributed by atoms with Gasteiger partial charge in [-0.2, -0.15) is 0 Å². The molecule has 1 aliphatic carbocycles. The molecule has 1 N–H and O–H groups in total. The molecule has 0 radical (unpaired) electrons. The first-order valence-electron chi connectivity index (χ1n) is 9.46. The zero-order chi connectivity index (χ0) is 16.4. The molecular weight excluding hydrogens is 425 g/mol. The highest BCUT2D eigenvalue weighted by Gasteiger charge is 2.42. The number of nitrogens with zero attached hydrogens (tertiary/aromatic N) is 2. The summed E-state index contributed by atoms with van der Waals surface area (Å²) in [6.07, 6.45) is 4.81. The molecule has 5 heteroatoms. The van der Waals surface area contributed by atoms with Crippen LogP contribution in [-0.2, 0) is 17.6 Å². The van der Waals surface area contributed by atoms with Gasteiger partial charge in [-0.25, -0.2) is 0 Å². The van der Waals surface area contributed by atoms with E-state index in [-0.39, 0.29) is 24.0 Å². The molecule has 2 saturated heterocycles. The quantitative estimate of drug-likeness (QED) is 0.433. The van der Waals surface area contributed by atoms with Crippen molar-refractivity contribution in [3.05, 3.63) is 35.4 Å². The number of hydrogen-bond donors (Lipinski definition) is 1. The highest BCUT2D eigenvalue weighted by atomic mass is 127. The van der Waals surface area contributed by atoms with Crippen LogP contribution in [0.4, 0.5) is 0 Å². The Hall–Kier alpha value is -0.820. The molecule has 2 heterocycles. The number of ether oxygens (including phenoxy) is 1. The predicted octanol–water partition coefficient (Wildman–Crippen LogP) is 3.10. The predicted molar refractivity (Wildman–Crippen MR) is 113 cm³/mol. The first-order chi connectivity index (χ1) is 11.8. The first kappa shape index (κ1) is 19.0. The fraction of sp³-hybridized carbons (Fsp3) is 0.650. The molecule has 25 heavy (non-hydrogen) atoms. The van der Waals surface area contributed by atoms with Crippen LogP contribution in [0.15, 0.2) is 29.3 Å². The molecule has 2 fully saturated rings. The average Bonchev–Trinajstić information content (AvgIpc) is 3.32. The SMILES string of the molecule is CCNC(=NCC1Cc2ccccc2C1)N1CCC2(CCOC2)C1.I. The van der Waals surface area contributed by atoms with E-state index in [1.165, 1.54) is 36.8 Å². The lowest BCUT2D eigenvalue weighted by atomic mass is 9.87. The van der Waals surface area contributed by atoms with Gasteiger partial charge in [-0.1, -0.05) is 24.3 Å². The van der Waals surface area contributed by atoms with Crippen molar-refractivity contribution in [2.45, 2.75) is 32.6 Å². The lowest BCUT2D eigenvalue weighted by Crippen LogP contribution is -2.41. The molecule has 0 amide bonds. The fourth-order valence-corrected chi connectivity index (χ4v) is 4.51. The smallest absolute Gasteiger partial charge is 0.193 e. The van der Waals surface area contributed by atoms with Gasteiger partial charge in [0.25, 0.3) is 0 Å². The molecule has 0 saturated carbocycles. The summed E-state index contributed by atoms with van der Waals surface area (Å²) in [7, 11) is 0. The maximum Gasteiger partial charge on any atom is 0.193 e. The Bertz CT molecular complexity index is 588. The average molecular weight is 455 g/mol. The van der Waals surface area contributed by atoms with Gasteiger partial charge in [0, 0.05) is 38.2 Å². The molecule has 1 unspecified atom stereocenters. The van der Waals surface area contributed by atoms with E-state index in [1.807, 2.05) is 0 Å². The number of rotatable bonds is 3. The van der Waals surface area contributed by atoms with Crippen LogP contribution in [0, 0.1) is 11.3 Å². The Morgan fingerprint density at radius 1 is 1.28 bits per heavy atom. The molecule has 0 aromatic heterocycles. The minimum atomic E-state index is 0. The number of halogens is 1. The number of aliphatic imine (C=N–C) groups is 1. The van der Waals surface area contributed by atoms with Crippen molar-refractivity contribution < 1.29 is 4.74 Å². The van der Waals surface area contributed by atoms with Crippen LogP contribution < -0.4 is 5.32 Å². The fourth-order valence-electron chi connectivity index (χ4n) is 4.51. The number of likely N-dealkylation sites (tertiary alicyclic amines) is 1. The third-order valence-corrected chi connectivity index (χ3v) is 5.89. The van der Waals surface area contributed by atoms with Gasteiger partial charge in [-0.3, -0.25) is 4.99 Å². The Kier molecular flexibility index (Phi) is 6.25. The summed E-state index contributed by atoms with van der Waals surface area (Å²) in [6, 6.07) is 8.85. The number of guanidine groups is 1. The maximum absolute atomic E-state index is 5.66. The Labute approximate surface area is 168 Å². The lowest BCUT2D eigenvalue weighted by molar-refractivity contribution is 0.156. The van der Waals surface area contributed by atoms with Crippen molar-refractivity contribution in [3.63, 3.8) is 0 Å². The van der Waals surface area contributed by atoms with Gasteiger partial charge < -0.3 is 15.0 Å². The Morgan fingerprint density at radius 3 is 2.68 bits per heavy atom. The van der Waals surface area contributed by atoms with Crippen LogP contribution >= 0.6 is 24.0 Å². The summed E-state index contributed by atoms with van der Waals surface area (Å²) in [5.74, 6) is 1.76. The minimum Gasteiger partial charge on any atom is -0.381 e. The largest absolute Gasteiger partial charge is 0.381 e. The molecule has 0 bridgehead atoms. The molecule has 2 aliphatic heterocycles. The van der Waals surface area contributed by atoms with Gasteiger partial charge >= 0.3 is 0 Å². The maximum atomic E-state index is 5.66. The van der Waals surface area contributed by atoms with Crippen molar-refractivity contribution >= 4 is 29.9 Å². The highest BCUT2D eigenvalue weighted by molar-refractivity contribution is 14.0. The van der Waals surface area contributed by atoms with Gasteiger partial charge in [0.15, 0.2) is 5.96 Å². The summed E-state index contributed by atoms with van der Waals surface area (Å²) in [6.45, 7) is 8.10. The van der Waals surface area contributed by atoms with Crippen LogP contribution in [0.1, 0.15) is 30.9 Å². The van der Waals surface area contributed by atoms with Crippen molar-refractivity contribution in [3.8, 4) is 0 Å². The summed E-state index contributed by atoms with van der Waals surface area (Å²) >= 11 is 0. The third kappa shape index (κ3) is 4.13. The number of nitrogens with one attached hydrogen (secondary N) is 1. The van der Waals surface area contributed by atoms with Gasteiger partial charge in [0.1, 0.15) is 0 Å².